The molecule has 1 heterocycles. The van der Waals surface area contributed by atoms with Crippen molar-refractivity contribution in [3.8, 4) is 0 Å². The van der Waals surface area contributed by atoms with E-state index in [0.29, 0.717) is 0 Å². The standard InChI is InChI=1S/C23H21N/c1-4-17-13-15-18(16-14-17)24-21-11-7-5-9-19(21)23(2,3)20-10-6-8-12-22(20)24/h4-16H,1H2,2-3H3. The van der Waals surface area contributed by atoms with Crippen LogP contribution in [0.25, 0.3) is 6.08 Å². The summed E-state index contributed by atoms with van der Waals surface area (Å²) in [6.07, 6.45) is 1.88. The quantitative estimate of drug-likeness (QED) is 0.526. The summed E-state index contributed by atoms with van der Waals surface area (Å²) in [6.45, 7) is 8.47. The Balaban J connectivity index is 1.99. The number of hydrogen-bond acceptors (Lipinski definition) is 1. The molecule has 0 fully saturated rings. The van der Waals surface area contributed by atoms with E-state index in [4.69, 9.17) is 0 Å². The Hall–Kier alpha value is -2.80. The Morgan fingerprint density at radius 3 is 1.75 bits per heavy atom. The number of hydrogen-bond donors (Lipinski definition) is 0. The zero-order chi connectivity index (χ0) is 16.7. The average Bonchev–Trinajstić information content (AvgIpc) is 2.63. The minimum atomic E-state index is -0.00918. The van der Waals surface area contributed by atoms with Crippen LogP contribution in [0.4, 0.5) is 17.1 Å². The van der Waals surface area contributed by atoms with Gasteiger partial charge in [0.05, 0.1) is 11.4 Å². The summed E-state index contributed by atoms with van der Waals surface area (Å²) in [7, 11) is 0. The van der Waals surface area contributed by atoms with Crippen LogP contribution in [0.1, 0.15) is 30.5 Å². The normalized spacial score (nSPS) is 14.7. The number of rotatable bonds is 2. The van der Waals surface area contributed by atoms with Gasteiger partial charge in [0.1, 0.15) is 0 Å². The van der Waals surface area contributed by atoms with E-state index in [1.54, 1.807) is 0 Å². The van der Waals surface area contributed by atoms with Gasteiger partial charge in [0, 0.05) is 11.1 Å². The molecule has 0 saturated carbocycles. The van der Waals surface area contributed by atoms with E-state index in [1.165, 1.54) is 28.2 Å². The summed E-state index contributed by atoms with van der Waals surface area (Å²) in [5.74, 6) is 0. The lowest BCUT2D eigenvalue weighted by molar-refractivity contribution is 0.632. The largest absolute Gasteiger partial charge is 0.310 e. The van der Waals surface area contributed by atoms with Gasteiger partial charge in [0.2, 0.25) is 0 Å². The third-order valence-corrected chi connectivity index (χ3v) is 5.02. The number of benzene rings is 3. The molecule has 0 aromatic heterocycles. The molecule has 0 unspecified atom stereocenters. The van der Waals surface area contributed by atoms with Gasteiger partial charge in [-0.25, -0.2) is 0 Å². The summed E-state index contributed by atoms with van der Waals surface area (Å²) in [6, 6.07) is 26.0. The average molecular weight is 311 g/mol. The topological polar surface area (TPSA) is 3.24 Å². The highest BCUT2D eigenvalue weighted by molar-refractivity contribution is 5.85. The summed E-state index contributed by atoms with van der Waals surface area (Å²) in [4.78, 5) is 2.36. The highest BCUT2D eigenvalue weighted by Crippen LogP contribution is 2.51. The van der Waals surface area contributed by atoms with Crippen LogP contribution >= 0.6 is 0 Å². The smallest absolute Gasteiger partial charge is 0.0502 e. The highest BCUT2D eigenvalue weighted by Gasteiger charge is 2.36. The first kappa shape index (κ1) is 14.8. The second-order valence-electron chi connectivity index (χ2n) is 6.79. The molecule has 24 heavy (non-hydrogen) atoms. The van der Waals surface area contributed by atoms with E-state index >= 15 is 0 Å². The van der Waals surface area contributed by atoms with Crippen molar-refractivity contribution in [2.45, 2.75) is 19.3 Å². The maximum absolute atomic E-state index is 3.85. The third kappa shape index (κ3) is 2.09. The van der Waals surface area contributed by atoms with Crippen molar-refractivity contribution in [3.05, 3.63) is 96.1 Å². The van der Waals surface area contributed by atoms with E-state index < -0.39 is 0 Å². The first-order chi connectivity index (χ1) is 11.6. The molecule has 4 rings (SSSR count). The van der Waals surface area contributed by atoms with Gasteiger partial charge in [-0.05, 0) is 41.0 Å². The first-order valence-electron chi connectivity index (χ1n) is 8.34. The van der Waals surface area contributed by atoms with Gasteiger partial charge in [0.25, 0.3) is 0 Å². The van der Waals surface area contributed by atoms with Gasteiger partial charge in [-0.2, -0.15) is 0 Å². The highest BCUT2D eigenvalue weighted by atomic mass is 15.2. The molecule has 3 aromatic carbocycles. The molecule has 0 atom stereocenters. The lowest BCUT2D eigenvalue weighted by Crippen LogP contribution is -2.30. The van der Waals surface area contributed by atoms with Crippen LogP contribution in [0, 0.1) is 0 Å². The first-order valence-corrected chi connectivity index (χ1v) is 8.34. The predicted octanol–water partition coefficient (Wildman–Crippen LogP) is 6.44. The molecule has 0 aliphatic carbocycles. The molecule has 0 N–H and O–H groups in total. The third-order valence-electron chi connectivity index (χ3n) is 5.02. The van der Waals surface area contributed by atoms with Gasteiger partial charge in [0.15, 0.2) is 0 Å². The molecule has 3 aromatic rings. The van der Waals surface area contributed by atoms with Crippen molar-refractivity contribution in [3.63, 3.8) is 0 Å². The summed E-state index contributed by atoms with van der Waals surface area (Å²) < 4.78 is 0. The minimum Gasteiger partial charge on any atom is -0.310 e. The fraction of sp³-hybridized carbons (Fsp3) is 0.130. The number of para-hydroxylation sites is 2. The van der Waals surface area contributed by atoms with Crippen LogP contribution in [0.2, 0.25) is 0 Å². The molecule has 1 heteroatoms. The van der Waals surface area contributed by atoms with Crippen molar-refractivity contribution in [1.82, 2.24) is 0 Å². The fourth-order valence-corrected chi connectivity index (χ4v) is 3.71. The Labute approximate surface area is 143 Å². The van der Waals surface area contributed by atoms with Crippen LogP contribution in [-0.2, 0) is 5.41 Å². The van der Waals surface area contributed by atoms with Gasteiger partial charge < -0.3 is 4.90 Å². The van der Waals surface area contributed by atoms with Crippen LogP contribution < -0.4 is 4.90 Å². The Bertz CT molecular complexity index is 854. The molecule has 1 nitrogen and oxygen atoms in total. The summed E-state index contributed by atoms with van der Waals surface area (Å²) >= 11 is 0. The van der Waals surface area contributed by atoms with Crippen molar-refractivity contribution in [1.29, 1.82) is 0 Å². The van der Waals surface area contributed by atoms with Crippen LogP contribution in [-0.4, -0.2) is 0 Å². The molecule has 118 valence electrons. The molecular weight excluding hydrogens is 290 g/mol. The second kappa shape index (κ2) is 5.38. The number of nitrogens with zero attached hydrogens (tertiary/aromatic N) is 1. The fourth-order valence-electron chi connectivity index (χ4n) is 3.71. The predicted molar refractivity (Wildman–Crippen MR) is 103 cm³/mol. The minimum absolute atomic E-state index is 0.00918. The Morgan fingerprint density at radius 1 is 0.750 bits per heavy atom. The molecule has 1 aliphatic rings. The lowest BCUT2D eigenvalue weighted by Gasteiger charge is -2.42. The van der Waals surface area contributed by atoms with Crippen molar-refractivity contribution in [2.75, 3.05) is 4.90 Å². The lowest BCUT2D eigenvalue weighted by atomic mass is 9.73. The molecular formula is C23H21N. The Morgan fingerprint density at radius 2 is 1.25 bits per heavy atom. The van der Waals surface area contributed by atoms with E-state index in [2.05, 4.69) is 98.1 Å². The van der Waals surface area contributed by atoms with E-state index in [0.717, 1.165) is 5.56 Å². The van der Waals surface area contributed by atoms with Crippen molar-refractivity contribution >= 4 is 23.1 Å². The van der Waals surface area contributed by atoms with Crippen LogP contribution in [0.3, 0.4) is 0 Å². The maximum Gasteiger partial charge on any atom is 0.0502 e. The van der Waals surface area contributed by atoms with Crippen molar-refractivity contribution < 1.29 is 0 Å². The maximum atomic E-state index is 3.85. The van der Waals surface area contributed by atoms with Crippen molar-refractivity contribution in [2.24, 2.45) is 0 Å². The molecule has 0 radical (unpaired) electrons. The molecule has 0 saturated heterocycles. The van der Waals surface area contributed by atoms with Gasteiger partial charge in [-0.15, -0.1) is 0 Å². The van der Waals surface area contributed by atoms with E-state index in [9.17, 15) is 0 Å². The molecule has 1 aliphatic heterocycles. The number of anilines is 3. The molecule has 0 bridgehead atoms. The van der Waals surface area contributed by atoms with Crippen LogP contribution in [0.5, 0.6) is 0 Å². The Kier molecular flexibility index (Phi) is 3.31. The summed E-state index contributed by atoms with van der Waals surface area (Å²) in [5, 5.41) is 0. The van der Waals surface area contributed by atoms with Crippen LogP contribution in [0.15, 0.2) is 79.4 Å². The molecule has 0 amide bonds. The second-order valence-corrected chi connectivity index (χ2v) is 6.79. The zero-order valence-corrected chi connectivity index (χ0v) is 14.2. The number of fused-ring (bicyclic) bond motifs is 2. The SMILES string of the molecule is C=Cc1ccc(N2c3ccccc3C(C)(C)c3ccccc32)cc1. The van der Waals surface area contributed by atoms with Gasteiger partial charge in [-0.1, -0.05) is 75.0 Å². The van der Waals surface area contributed by atoms with Gasteiger partial charge >= 0.3 is 0 Å². The summed E-state index contributed by atoms with van der Waals surface area (Å²) in [5.41, 5.74) is 7.53. The zero-order valence-electron chi connectivity index (χ0n) is 14.2. The molecule has 0 spiro atoms. The van der Waals surface area contributed by atoms with E-state index in [-0.39, 0.29) is 5.41 Å². The van der Waals surface area contributed by atoms with E-state index in [1.807, 2.05) is 6.08 Å². The monoisotopic (exact) mass is 311 g/mol. The van der Waals surface area contributed by atoms with Gasteiger partial charge in [-0.3, -0.25) is 0 Å².